The number of carbonyl (C=O) groups excluding carboxylic acids is 1. The molecule has 3 aromatic carbocycles. The maximum absolute atomic E-state index is 14.1. The number of benzene rings is 3. The molecule has 0 bridgehead atoms. The molecule has 0 aliphatic carbocycles. The molecule has 4 N–H and O–H groups in total. The largest absolute Gasteiger partial charge is 0.399 e. The lowest BCUT2D eigenvalue weighted by Gasteiger charge is -2.28. The number of hydrogen-bond donors (Lipinski definition) is 3. The van der Waals surface area contributed by atoms with Gasteiger partial charge < -0.3 is 11.1 Å². The molecule has 1 heterocycles. The van der Waals surface area contributed by atoms with Crippen LogP contribution in [0.3, 0.4) is 0 Å². The molecule has 1 aliphatic rings. The molecular formula is C28H33N3O3S. The first-order chi connectivity index (χ1) is 16.5. The molecule has 3 aromatic rings. The van der Waals surface area contributed by atoms with Gasteiger partial charge in [0.15, 0.2) is 5.37 Å². The molecule has 0 spiro atoms. The third-order valence-corrected chi connectivity index (χ3v) is 8.71. The number of carbonyl (C=O) groups is 1. The zero-order valence-electron chi connectivity index (χ0n) is 20.8. The van der Waals surface area contributed by atoms with Crippen LogP contribution in [0, 0.1) is 20.8 Å². The van der Waals surface area contributed by atoms with Crippen LogP contribution in [-0.2, 0) is 21.2 Å². The lowest BCUT2D eigenvalue weighted by atomic mass is 9.87. The number of aryl methyl sites for hydroxylation is 2. The van der Waals surface area contributed by atoms with Crippen molar-refractivity contribution in [2.24, 2.45) is 0 Å². The van der Waals surface area contributed by atoms with Gasteiger partial charge in [0, 0.05) is 12.2 Å². The third-order valence-electron chi connectivity index (χ3n) is 6.83. The van der Waals surface area contributed by atoms with E-state index >= 15 is 0 Å². The topological polar surface area (TPSA) is 101 Å². The number of hydrogen-bond acceptors (Lipinski definition) is 5. The first-order valence-electron chi connectivity index (χ1n) is 11.8. The van der Waals surface area contributed by atoms with Crippen LogP contribution in [0.1, 0.15) is 70.1 Å². The summed E-state index contributed by atoms with van der Waals surface area (Å²) < 4.78 is 28.1. The van der Waals surface area contributed by atoms with Crippen LogP contribution in [0.15, 0.2) is 59.5 Å². The Morgan fingerprint density at radius 3 is 2.37 bits per heavy atom. The number of rotatable bonds is 6. The van der Waals surface area contributed by atoms with Crippen LogP contribution in [-0.4, -0.2) is 14.3 Å². The Labute approximate surface area is 207 Å². The van der Waals surface area contributed by atoms with E-state index in [2.05, 4.69) is 24.5 Å². The number of anilines is 1. The smallest absolute Gasteiger partial charge is 0.243 e. The van der Waals surface area contributed by atoms with Crippen LogP contribution in [0.4, 0.5) is 5.69 Å². The predicted octanol–water partition coefficient (Wildman–Crippen LogP) is 4.75. The van der Waals surface area contributed by atoms with Crippen LogP contribution >= 0.6 is 0 Å². The Bertz CT molecular complexity index is 1400. The summed E-state index contributed by atoms with van der Waals surface area (Å²) in [5.41, 5.74) is 12.7. The van der Waals surface area contributed by atoms with Gasteiger partial charge in [0.2, 0.25) is 15.7 Å². The molecule has 0 fully saturated rings. The molecule has 2 unspecified atom stereocenters. The van der Waals surface area contributed by atoms with Gasteiger partial charge in [-0.2, -0.15) is 0 Å². The minimum absolute atomic E-state index is 0.0769. The van der Waals surface area contributed by atoms with E-state index in [0.29, 0.717) is 17.8 Å². The van der Waals surface area contributed by atoms with Crippen molar-refractivity contribution in [1.29, 1.82) is 0 Å². The second-order valence-electron chi connectivity index (χ2n) is 9.64. The fraction of sp³-hybridized carbons (Fsp3) is 0.321. The average Bonchev–Trinajstić information content (AvgIpc) is 3.22. The average molecular weight is 492 g/mol. The fourth-order valence-electron chi connectivity index (χ4n) is 5.39. The van der Waals surface area contributed by atoms with Crippen molar-refractivity contribution < 1.29 is 13.2 Å². The highest BCUT2D eigenvalue weighted by atomic mass is 32.2. The maximum atomic E-state index is 14.1. The van der Waals surface area contributed by atoms with E-state index in [4.69, 9.17) is 5.73 Å². The van der Waals surface area contributed by atoms with Gasteiger partial charge in [-0.15, -0.1) is 0 Å². The highest BCUT2D eigenvalue weighted by Crippen LogP contribution is 2.37. The van der Waals surface area contributed by atoms with Crippen molar-refractivity contribution in [3.05, 3.63) is 93.5 Å². The van der Waals surface area contributed by atoms with Gasteiger partial charge in [-0.25, -0.2) is 8.42 Å². The SMILES string of the molecule is Cc1cc(C)c(C(NC(=O)C2NCc3ccccc32)S(=O)(=O)c2cccc(N)c2)c(C)c1C(C)C. The molecule has 0 aromatic heterocycles. The summed E-state index contributed by atoms with van der Waals surface area (Å²) in [5.74, 6) is -0.179. The minimum atomic E-state index is -4.02. The molecule has 1 amide bonds. The molecule has 35 heavy (non-hydrogen) atoms. The van der Waals surface area contributed by atoms with Gasteiger partial charge in [0.25, 0.3) is 0 Å². The molecular weight excluding hydrogens is 458 g/mol. The standard InChI is InChI=1S/C28H33N3O3S/c1-16(2)24-17(3)13-18(4)25(19(24)5)28(35(33,34)22-11-8-10-21(29)14-22)31-27(32)26-23-12-7-6-9-20(23)15-30-26/h6-14,16,26,28,30H,15,29H2,1-5H3,(H,31,32). The Morgan fingerprint density at radius 1 is 1.00 bits per heavy atom. The summed E-state index contributed by atoms with van der Waals surface area (Å²) in [6.07, 6.45) is 0. The van der Waals surface area contributed by atoms with Crippen LogP contribution < -0.4 is 16.4 Å². The van der Waals surface area contributed by atoms with Gasteiger partial charge in [-0.3, -0.25) is 10.1 Å². The van der Waals surface area contributed by atoms with E-state index in [1.54, 1.807) is 12.1 Å². The molecule has 0 saturated carbocycles. The van der Waals surface area contributed by atoms with E-state index in [-0.39, 0.29) is 16.7 Å². The fourth-order valence-corrected chi connectivity index (χ4v) is 7.17. The Morgan fingerprint density at radius 2 is 1.69 bits per heavy atom. The second-order valence-corrected chi connectivity index (χ2v) is 11.7. The van der Waals surface area contributed by atoms with Crippen molar-refractivity contribution in [3.8, 4) is 0 Å². The number of fused-ring (bicyclic) bond motifs is 1. The van der Waals surface area contributed by atoms with Crippen molar-refractivity contribution >= 4 is 21.4 Å². The number of amides is 1. The minimum Gasteiger partial charge on any atom is -0.399 e. The molecule has 0 radical (unpaired) electrons. The molecule has 0 saturated heterocycles. The van der Waals surface area contributed by atoms with Gasteiger partial charge in [0.1, 0.15) is 6.04 Å². The van der Waals surface area contributed by atoms with Crippen LogP contribution in [0.2, 0.25) is 0 Å². The molecule has 6 nitrogen and oxygen atoms in total. The highest BCUT2D eigenvalue weighted by molar-refractivity contribution is 7.91. The van der Waals surface area contributed by atoms with Gasteiger partial charge in [-0.05, 0) is 83.8 Å². The lowest BCUT2D eigenvalue weighted by Crippen LogP contribution is -2.40. The summed E-state index contributed by atoms with van der Waals surface area (Å²) in [6.45, 7) is 10.6. The summed E-state index contributed by atoms with van der Waals surface area (Å²) in [6, 6.07) is 15.3. The second kappa shape index (κ2) is 9.47. The number of nitrogens with two attached hydrogens (primary N) is 1. The quantitative estimate of drug-likeness (QED) is 0.432. The van der Waals surface area contributed by atoms with E-state index in [1.807, 2.05) is 51.1 Å². The Balaban J connectivity index is 1.86. The van der Waals surface area contributed by atoms with E-state index in [9.17, 15) is 13.2 Å². The summed E-state index contributed by atoms with van der Waals surface area (Å²) >= 11 is 0. The molecule has 4 rings (SSSR count). The van der Waals surface area contributed by atoms with E-state index in [0.717, 1.165) is 33.4 Å². The summed E-state index contributed by atoms with van der Waals surface area (Å²) in [4.78, 5) is 13.7. The normalized spacial score (nSPS) is 16.2. The zero-order chi connectivity index (χ0) is 25.5. The van der Waals surface area contributed by atoms with Gasteiger partial charge >= 0.3 is 0 Å². The van der Waals surface area contributed by atoms with Crippen molar-refractivity contribution in [1.82, 2.24) is 10.6 Å². The first-order valence-corrected chi connectivity index (χ1v) is 13.4. The molecule has 2 atom stereocenters. The monoisotopic (exact) mass is 491 g/mol. The van der Waals surface area contributed by atoms with Crippen LogP contribution in [0.25, 0.3) is 0 Å². The number of nitrogen functional groups attached to an aromatic ring is 1. The number of sulfone groups is 1. The van der Waals surface area contributed by atoms with Gasteiger partial charge in [-0.1, -0.05) is 50.2 Å². The molecule has 7 heteroatoms. The molecule has 1 aliphatic heterocycles. The predicted molar refractivity (Wildman–Crippen MR) is 140 cm³/mol. The Kier molecular flexibility index (Phi) is 6.75. The summed E-state index contributed by atoms with van der Waals surface area (Å²) in [7, 11) is -4.02. The van der Waals surface area contributed by atoms with E-state index in [1.165, 1.54) is 12.1 Å². The van der Waals surface area contributed by atoms with Crippen molar-refractivity contribution in [3.63, 3.8) is 0 Å². The summed E-state index contributed by atoms with van der Waals surface area (Å²) in [5, 5.41) is 4.87. The first kappa shape index (κ1) is 24.9. The van der Waals surface area contributed by atoms with E-state index < -0.39 is 21.3 Å². The van der Waals surface area contributed by atoms with Crippen molar-refractivity contribution in [2.75, 3.05) is 5.73 Å². The third kappa shape index (κ3) is 4.58. The highest BCUT2D eigenvalue weighted by Gasteiger charge is 2.37. The van der Waals surface area contributed by atoms with Gasteiger partial charge in [0.05, 0.1) is 4.90 Å². The maximum Gasteiger partial charge on any atom is 0.243 e. The van der Waals surface area contributed by atoms with Crippen LogP contribution in [0.5, 0.6) is 0 Å². The van der Waals surface area contributed by atoms with Crippen molar-refractivity contribution in [2.45, 2.75) is 63.4 Å². The molecule has 184 valence electrons. The number of nitrogens with one attached hydrogen (secondary N) is 2. The lowest BCUT2D eigenvalue weighted by molar-refractivity contribution is -0.123. The Hall–Kier alpha value is -3.16. The zero-order valence-corrected chi connectivity index (χ0v) is 21.7.